The number of rotatable bonds is 8. The first-order valence-corrected chi connectivity index (χ1v) is 20.5. The fourth-order valence-electron chi connectivity index (χ4n) is 11.0. The molecular weight excluding hydrogens is 732 g/mol. The Morgan fingerprint density at radius 1 is 0.911 bits per heavy atom. The van der Waals surface area contributed by atoms with Crippen molar-refractivity contribution in [1.82, 2.24) is 25.3 Å². The Morgan fingerprint density at radius 2 is 1.54 bits per heavy atom. The molecule has 12 nitrogen and oxygen atoms in total. The summed E-state index contributed by atoms with van der Waals surface area (Å²) >= 11 is 6.26. The molecule has 0 aromatic heterocycles. The first kappa shape index (κ1) is 38.6. The molecule has 56 heavy (non-hydrogen) atoms. The maximum Gasteiger partial charge on any atom is 0.262 e. The first-order valence-electron chi connectivity index (χ1n) is 20.2. The van der Waals surface area contributed by atoms with Gasteiger partial charge in [0, 0.05) is 61.0 Å². The number of nitrogens with zero attached hydrogens (tertiary/aromatic N) is 4. The van der Waals surface area contributed by atoms with Crippen molar-refractivity contribution < 1.29 is 28.7 Å². The van der Waals surface area contributed by atoms with Gasteiger partial charge in [-0.3, -0.25) is 39.1 Å². The van der Waals surface area contributed by atoms with Crippen LogP contribution in [0.2, 0.25) is 5.02 Å². The first-order chi connectivity index (χ1) is 26.6. The van der Waals surface area contributed by atoms with Crippen LogP contribution in [-0.2, 0) is 27.5 Å². The number of ether oxygens (including phenoxy) is 1. The van der Waals surface area contributed by atoms with Gasteiger partial charge in [-0.15, -0.1) is 0 Å². The van der Waals surface area contributed by atoms with Gasteiger partial charge in [0.2, 0.25) is 17.7 Å². The van der Waals surface area contributed by atoms with E-state index in [4.69, 9.17) is 16.3 Å². The van der Waals surface area contributed by atoms with Crippen LogP contribution in [-0.4, -0.2) is 88.1 Å². The van der Waals surface area contributed by atoms with E-state index in [-0.39, 0.29) is 53.5 Å². The Hall–Kier alpha value is -4.31. The average Bonchev–Trinajstić information content (AvgIpc) is 3.67. The molecule has 2 aromatic carbocycles. The molecule has 4 fully saturated rings. The number of amides is 5. The molecule has 4 aliphatic heterocycles. The van der Waals surface area contributed by atoms with Crippen LogP contribution < -0.4 is 15.4 Å². The Bertz CT molecular complexity index is 1970. The summed E-state index contributed by atoms with van der Waals surface area (Å²) in [5.74, 6) is -0.548. The van der Waals surface area contributed by atoms with Crippen LogP contribution in [0.25, 0.3) is 0 Å². The molecule has 2 saturated heterocycles. The summed E-state index contributed by atoms with van der Waals surface area (Å²) in [7, 11) is 0. The van der Waals surface area contributed by atoms with Gasteiger partial charge in [0.05, 0.1) is 21.7 Å². The van der Waals surface area contributed by atoms with E-state index in [9.17, 15) is 29.2 Å². The highest BCUT2D eigenvalue weighted by molar-refractivity contribution is 6.31. The van der Waals surface area contributed by atoms with Crippen molar-refractivity contribution in [3.8, 4) is 11.8 Å². The number of nitrogens with one attached hydrogen (secondary N) is 2. The number of likely N-dealkylation sites (tertiary alicyclic amines) is 1. The predicted octanol–water partition coefficient (Wildman–Crippen LogP) is 5.20. The normalized spacial score (nSPS) is 28.9. The minimum absolute atomic E-state index is 0.0111. The maximum absolute atomic E-state index is 13.6. The molecule has 6 aliphatic rings. The van der Waals surface area contributed by atoms with Crippen LogP contribution in [0.5, 0.6) is 5.75 Å². The highest BCUT2D eigenvalue weighted by Gasteiger charge is 2.64. The molecule has 296 valence electrons. The number of imide groups is 2. The number of carbonyl (C=O) groups is 5. The van der Waals surface area contributed by atoms with Crippen molar-refractivity contribution in [1.29, 1.82) is 5.26 Å². The highest BCUT2D eigenvalue weighted by Crippen LogP contribution is 2.56. The zero-order chi connectivity index (χ0) is 39.7. The second-order valence-electron chi connectivity index (χ2n) is 18.1. The van der Waals surface area contributed by atoms with Crippen LogP contribution in [0.1, 0.15) is 116 Å². The molecule has 1 unspecified atom stereocenters. The van der Waals surface area contributed by atoms with E-state index in [1.807, 2.05) is 12.1 Å². The van der Waals surface area contributed by atoms with E-state index >= 15 is 0 Å². The monoisotopic (exact) mass is 782 g/mol. The Balaban J connectivity index is 0.781. The molecular formula is C43H51ClN6O6. The van der Waals surface area contributed by atoms with Gasteiger partial charge in [0.25, 0.3) is 11.8 Å². The Morgan fingerprint density at radius 3 is 2.11 bits per heavy atom. The van der Waals surface area contributed by atoms with Gasteiger partial charge >= 0.3 is 0 Å². The van der Waals surface area contributed by atoms with E-state index in [1.165, 1.54) is 0 Å². The smallest absolute Gasteiger partial charge is 0.262 e. The molecule has 2 saturated carbocycles. The zero-order valence-electron chi connectivity index (χ0n) is 32.7. The third-order valence-electron chi connectivity index (χ3n) is 13.7. The number of piperidine rings is 2. The summed E-state index contributed by atoms with van der Waals surface area (Å²) in [6.45, 7) is 13.1. The second kappa shape index (κ2) is 14.6. The minimum atomic E-state index is -0.955. The van der Waals surface area contributed by atoms with Gasteiger partial charge in [0.15, 0.2) is 0 Å². The van der Waals surface area contributed by atoms with Crippen molar-refractivity contribution in [2.45, 2.75) is 116 Å². The molecule has 0 radical (unpaired) electrons. The molecule has 8 rings (SSSR count). The van der Waals surface area contributed by atoms with Crippen LogP contribution in [0.4, 0.5) is 0 Å². The van der Waals surface area contributed by atoms with Gasteiger partial charge in [0.1, 0.15) is 24.0 Å². The molecule has 4 heterocycles. The van der Waals surface area contributed by atoms with Crippen molar-refractivity contribution in [2.75, 3.05) is 19.6 Å². The van der Waals surface area contributed by atoms with E-state index in [2.05, 4.69) is 54.2 Å². The number of fused-ring (bicyclic) bond motifs is 2. The largest absolute Gasteiger partial charge is 0.489 e. The lowest BCUT2D eigenvalue weighted by molar-refractivity contribution is -0.175. The molecule has 1 atom stereocenters. The quantitative estimate of drug-likeness (QED) is 0.345. The van der Waals surface area contributed by atoms with Crippen LogP contribution in [0, 0.1) is 34.0 Å². The summed E-state index contributed by atoms with van der Waals surface area (Å²) < 4.78 is 6.41. The van der Waals surface area contributed by atoms with E-state index < -0.39 is 23.8 Å². The lowest BCUT2D eigenvalue weighted by Gasteiger charge is -2.63. The average molecular weight is 783 g/mol. The van der Waals surface area contributed by atoms with Crippen LogP contribution in [0.15, 0.2) is 30.3 Å². The number of benzene rings is 2. The van der Waals surface area contributed by atoms with Crippen molar-refractivity contribution in [2.24, 2.45) is 22.7 Å². The minimum Gasteiger partial charge on any atom is -0.489 e. The number of nitriles is 1. The topological polar surface area (TPSA) is 152 Å². The standard InChI is InChI=1S/C43H51ClN6O6/c1-42(2)40(43(3,4)41(42)56-30-10-7-26(20-45)33(44)19-30)47-36(52)25-5-8-29(9-6-25)49-15-13-24(14-16-49)21-48-22-27-17-31-32(18-28(27)23-48)39(55)50(38(31)54)34-11-12-35(51)46-37(34)53/h7,10,17-19,24-25,29,34,40-41H,5-6,8-9,11-16,21-23H2,1-4H3,(H,47,52)(H,46,51,53). The summed E-state index contributed by atoms with van der Waals surface area (Å²) in [6, 6.07) is 10.4. The number of halogens is 1. The molecule has 0 bridgehead atoms. The van der Waals surface area contributed by atoms with Crippen LogP contribution in [0.3, 0.4) is 0 Å². The lowest BCUT2D eigenvalue weighted by atomic mass is 9.49. The van der Waals surface area contributed by atoms with Gasteiger partial charge in [-0.25, -0.2) is 0 Å². The van der Waals surface area contributed by atoms with Crippen molar-refractivity contribution in [3.05, 3.63) is 63.2 Å². The molecule has 2 aromatic rings. The molecule has 0 spiro atoms. The van der Waals surface area contributed by atoms with Crippen molar-refractivity contribution in [3.63, 3.8) is 0 Å². The van der Waals surface area contributed by atoms with Gasteiger partial charge in [-0.1, -0.05) is 39.3 Å². The SMILES string of the molecule is CC1(C)C(NC(=O)C2CCC(N3CCC(CN4Cc5cc6c(cc5C4)C(=O)N(C4CCC(=O)NC4=O)C6=O)CC3)CC2)C(C)(C)C1Oc1ccc(C#N)c(Cl)c1. The maximum atomic E-state index is 13.6. The fourth-order valence-corrected chi connectivity index (χ4v) is 11.2. The molecule has 13 heteroatoms. The van der Waals surface area contributed by atoms with Gasteiger partial charge in [-0.05, 0) is 99.3 Å². The molecule has 2 N–H and O–H groups in total. The van der Waals surface area contributed by atoms with Gasteiger partial charge in [-0.2, -0.15) is 5.26 Å². The summed E-state index contributed by atoms with van der Waals surface area (Å²) in [5.41, 5.74) is 2.63. The highest BCUT2D eigenvalue weighted by atomic mass is 35.5. The predicted molar refractivity (Wildman–Crippen MR) is 207 cm³/mol. The Labute approximate surface area is 333 Å². The summed E-state index contributed by atoms with van der Waals surface area (Å²) in [5, 5.41) is 15.3. The third kappa shape index (κ3) is 6.79. The van der Waals surface area contributed by atoms with Crippen molar-refractivity contribution >= 4 is 41.1 Å². The summed E-state index contributed by atoms with van der Waals surface area (Å²) in [6.07, 6.45) is 6.17. The zero-order valence-corrected chi connectivity index (χ0v) is 33.4. The van der Waals surface area contributed by atoms with E-state index in [0.717, 1.165) is 87.3 Å². The van der Waals surface area contributed by atoms with Crippen LogP contribution >= 0.6 is 11.6 Å². The number of hydrogen-bond acceptors (Lipinski definition) is 9. The third-order valence-corrected chi connectivity index (χ3v) is 14.1. The molecule has 2 aliphatic carbocycles. The Kier molecular flexibility index (Phi) is 10.0. The lowest BCUT2D eigenvalue weighted by Crippen LogP contribution is -2.75. The number of carbonyl (C=O) groups excluding carboxylic acids is 5. The number of hydrogen-bond donors (Lipinski definition) is 2. The second-order valence-corrected chi connectivity index (χ2v) is 18.5. The summed E-state index contributed by atoms with van der Waals surface area (Å²) in [4.78, 5) is 70.4. The fraction of sp³-hybridized carbons (Fsp3) is 0.581. The van der Waals surface area contributed by atoms with Gasteiger partial charge < -0.3 is 15.0 Å². The van der Waals surface area contributed by atoms with E-state index in [0.29, 0.717) is 39.4 Å². The molecule has 5 amide bonds. The van der Waals surface area contributed by atoms with E-state index in [1.54, 1.807) is 18.2 Å².